The highest BCUT2D eigenvalue weighted by Gasteiger charge is 1.73. The molecular weight excluding hydrogens is 114 g/mol. The molecule has 0 amide bonds. The van der Waals surface area contributed by atoms with Crippen LogP contribution in [0.15, 0.2) is 24.8 Å². The van der Waals surface area contributed by atoms with Gasteiger partial charge in [0.15, 0.2) is 0 Å². The third-order valence-corrected chi connectivity index (χ3v) is 0.651. The molecule has 0 aromatic rings. The predicted molar refractivity (Wildman–Crippen MR) is 37.3 cm³/mol. The molecular formula is C7H9NO. The SMILES string of the molecule is C=CC(=C)C#CCON. The van der Waals surface area contributed by atoms with E-state index < -0.39 is 0 Å². The average Bonchev–Trinajstić information content (AvgIpc) is 1.89. The molecule has 0 aliphatic heterocycles. The zero-order chi connectivity index (χ0) is 7.11. The number of nitrogens with two attached hydrogens (primary N) is 1. The van der Waals surface area contributed by atoms with Crippen molar-refractivity contribution in [2.75, 3.05) is 6.61 Å². The summed E-state index contributed by atoms with van der Waals surface area (Å²) in [5.74, 6) is 9.98. The molecule has 48 valence electrons. The summed E-state index contributed by atoms with van der Waals surface area (Å²) in [7, 11) is 0. The van der Waals surface area contributed by atoms with Crippen LogP contribution in [0, 0.1) is 11.8 Å². The minimum atomic E-state index is 0.229. The lowest BCUT2D eigenvalue weighted by Crippen LogP contribution is -1.97. The smallest absolute Gasteiger partial charge is 0.129 e. The van der Waals surface area contributed by atoms with Crippen LogP contribution in [0.4, 0.5) is 0 Å². The van der Waals surface area contributed by atoms with Crippen molar-refractivity contribution in [1.82, 2.24) is 0 Å². The van der Waals surface area contributed by atoms with E-state index in [-0.39, 0.29) is 6.61 Å². The van der Waals surface area contributed by atoms with Crippen LogP contribution in [0.25, 0.3) is 0 Å². The third kappa shape index (κ3) is 4.82. The standard InChI is InChI=1S/C7H9NO/c1-3-7(2)5-4-6-9-8/h3H,1-2,6,8H2. The van der Waals surface area contributed by atoms with E-state index in [9.17, 15) is 0 Å². The van der Waals surface area contributed by atoms with E-state index in [1.54, 1.807) is 6.08 Å². The zero-order valence-electron chi connectivity index (χ0n) is 5.18. The highest BCUT2D eigenvalue weighted by atomic mass is 16.6. The summed E-state index contributed by atoms with van der Waals surface area (Å²) in [5.41, 5.74) is 0.673. The lowest BCUT2D eigenvalue weighted by molar-refractivity contribution is 0.173. The van der Waals surface area contributed by atoms with Crippen LogP contribution in [-0.2, 0) is 4.84 Å². The van der Waals surface area contributed by atoms with Gasteiger partial charge in [-0.3, -0.25) is 4.84 Å². The quantitative estimate of drug-likeness (QED) is 0.332. The Labute approximate surface area is 55.0 Å². The second-order valence-electron chi connectivity index (χ2n) is 1.34. The Morgan fingerprint density at radius 1 is 1.78 bits per heavy atom. The molecule has 0 unspecified atom stereocenters. The van der Waals surface area contributed by atoms with Gasteiger partial charge in [-0.25, -0.2) is 5.90 Å². The summed E-state index contributed by atoms with van der Waals surface area (Å²) in [5, 5.41) is 0. The Bertz CT molecular complexity index is 161. The first kappa shape index (κ1) is 7.96. The first-order valence-electron chi connectivity index (χ1n) is 2.43. The number of hydrogen-bond donors (Lipinski definition) is 1. The number of hydrogen-bond acceptors (Lipinski definition) is 2. The normalized spacial score (nSPS) is 7.22. The molecule has 0 saturated carbocycles. The number of rotatable bonds is 2. The van der Waals surface area contributed by atoms with Gasteiger partial charge in [-0.2, -0.15) is 0 Å². The maximum absolute atomic E-state index is 4.70. The Kier molecular flexibility index (Phi) is 4.51. The van der Waals surface area contributed by atoms with E-state index in [2.05, 4.69) is 29.8 Å². The summed E-state index contributed by atoms with van der Waals surface area (Å²) in [6.07, 6.45) is 1.57. The molecule has 0 atom stereocenters. The molecule has 2 nitrogen and oxygen atoms in total. The molecule has 0 bridgehead atoms. The van der Waals surface area contributed by atoms with Crippen molar-refractivity contribution < 1.29 is 4.84 Å². The van der Waals surface area contributed by atoms with Crippen LogP contribution in [0.5, 0.6) is 0 Å². The van der Waals surface area contributed by atoms with Gasteiger partial charge in [-0.1, -0.05) is 31.1 Å². The Balaban J connectivity index is 3.58. The van der Waals surface area contributed by atoms with Gasteiger partial charge in [0.2, 0.25) is 0 Å². The van der Waals surface area contributed by atoms with Crippen LogP contribution >= 0.6 is 0 Å². The fraction of sp³-hybridized carbons (Fsp3) is 0.143. The molecule has 0 aliphatic rings. The van der Waals surface area contributed by atoms with Gasteiger partial charge in [0.1, 0.15) is 6.61 Å². The van der Waals surface area contributed by atoms with Crippen LogP contribution in [0.3, 0.4) is 0 Å². The van der Waals surface area contributed by atoms with E-state index in [1.807, 2.05) is 0 Å². The van der Waals surface area contributed by atoms with E-state index in [4.69, 9.17) is 5.90 Å². The highest BCUT2D eigenvalue weighted by molar-refractivity contribution is 5.33. The van der Waals surface area contributed by atoms with Crippen molar-refractivity contribution in [2.45, 2.75) is 0 Å². The molecule has 0 spiro atoms. The highest BCUT2D eigenvalue weighted by Crippen LogP contribution is 1.84. The van der Waals surface area contributed by atoms with Crippen LogP contribution < -0.4 is 5.90 Å². The maximum atomic E-state index is 4.70. The molecule has 0 radical (unpaired) electrons. The van der Waals surface area contributed by atoms with Crippen LogP contribution in [0.2, 0.25) is 0 Å². The molecule has 9 heavy (non-hydrogen) atoms. The van der Waals surface area contributed by atoms with Gasteiger partial charge in [0.25, 0.3) is 0 Å². The molecule has 0 heterocycles. The fourth-order valence-electron chi connectivity index (χ4n) is 0.242. The topological polar surface area (TPSA) is 35.2 Å². The van der Waals surface area contributed by atoms with Gasteiger partial charge >= 0.3 is 0 Å². The van der Waals surface area contributed by atoms with E-state index >= 15 is 0 Å². The van der Waals surface area contributed by atoms with E-state index in [0.717, 1.165) is 0 Å². The minimum Gasteiger partial charge on any atom is -0.292 e. The summed E-state index contributed by atoms with van der Waals surface area (Å²) < 4.78 is 0. The first-order valence-corrected chi connectivity index (χ1v) is 2.43. The van der Waals surface area contributed by atoms with Crippen LogP contribution in [-0.4, -0.2) is 6.61 Å². The van der Waals surface area contributed by atoms with Crippen molar-refractivity contribution in [3.8, 4) is 11.8 Å². The predicted octanol–water partition coefficient (Wildman–Crippen LogP) is 0.622. The lowest BCUT2D eigenvalue weighted by Gasteiger charge is -1.82. The van der Waals surface area contributed by atoms with Crippen LogP contribution in [0.1, 0.15) is 0 Å². The Hall–Kier alpha value is -1.04. The van der Waals surface area contributed by atoms with Crippen molar-refractivity contribution in [1.29, 1.82) is 0 Å². The number of allylic oxidation sites excluding steroid dienone is 2. The molecule has 0 fully saturated rings. The lowest BCUT2D eigenvalue weighted by atomic mass is 10.3. The van der Waals surface area contributed by atoms with Crippen molar-refractivity contribution in [3.05, 3.63) is 24.8 Å². The minimum absolute atomic E-state index is 0.229. The summed E-state index contributed by atoms with van der Waals surface area (Å²) in [6.45, 7) is 7.25. The second-order valence-corrected chi connectivity index (χ2v) is 1.34. The average molecular weight is 123 g/mol. The molecule has 2 heteroatoms. The third-order valence-electron chi connectivity index (χ3n) is 0.651. The van der Waals surface area contributed by atoms with Gasteiger partial charge in [-0.15, -0.1) is 0 Å². The first-order chi connectivity index (χ1) is 4.31. The summed E-state index contributed by atoms with van der Waals surface area (Å²) >= 11 is 0. The van der Waals surface area contributed by atoms with Crippen molar-refractivity contribution in [3.63, 3.8) is 0 Å². The monoisotopic (exact) mass is 123 g/mol. The largest absolute Gasteiger partial charge is 0.292 e. The van der Waals surface area contributed by atoms with Gasteiger partial charge in [-0.05, 0) is 0 Å². The van der Waals surface area contributed by atoms with E-state index in [1.165, 1.54) is 0 Å². The van der Waals surface area contributed by atoms with Gasteiger partial charge in [0.05, 0.1) is 0 Å². The second kappa shape index (κ2) is 5.10. The molecule has 0 aliphatic carbocycles. The maximum Gasteiger partial charge on any atom is 0.129 e. The Morgan fingerprint density at radius 2 is 2.44 bits per heavy atom. The van der Waals surface area contributed by atoms with Crippen molar-refractivity contribution >= 4 is 0 Å². The van der Waals surface area contributed by atoms with Gasteiger partial charge < -0.3 is 0 Å². The summed E-state index contributed by atoms with van der Waals surface area (Å²) in [6, 6.07) is 0. The van der Waals surface area contributed by atoms with E-state index in [0.29, 0.717) is 5.57 Å². The summed E-state index contributed by atoms with van der Waals surface area (Å²) in [4.78, 5) is 4.19. The zero-order valence-corrected chi connectivity index (χ0v) is 5.18. The molecule has 0 saturated heterocycles. The Morgan fingerprint density at radius 3 is 2.89 bits per heavy atom. The molecule has 0 aromatic heterocycles. The van der Waals surface area contributed by atoms with Gasteiger partial charge in [0, 0.05) is 5.57 Å². The van der Waals surface area contributed by atoms with Crippen molar-refractivity contribution in [2.24, 2.45) is 5.90 Å². The fourth-order valence-corrected chi connectivity index (χ4v) is 0.242. The molecule has 0 aromatic carbocycles. The molecule has 0 rings (SSSR count). The molecule has 2 N–H and O–H groups in total.